The largest absolute Gasteiger partial charge is 0.378 e. The van der Waals surface area contributed by atoms with Gasteiger partial charge in [0.2, 0.25) is 5.91 Å². The van der Waals surface area contributed by atoms with Crippen LogP contribution >= 0.6 is 0 Å². The second-order valence-corrected chi connectivity index (χ2v) is 5.52. The molecule has 18 heavy (non-hydrogen) atoms. The van der Waals surface area contributed by atoms with Gasteiger partial charge in [-0.3, -0.25) is 4.79 Å². The normalized spacial score (nSPS) is 28.2. The van der Waals surface area contributed by atoms with E-state index in [2.05, 4.69) is 6.92 Å². The maximum atomic E-state index is 11.3. The molecule has 1 fully saturated rings. The van der Waals surface area contributed by atoms with Crippen LogP contribution in [0.15, 0.2) is 0 Å². The number of hydrogen-bond acceptors (Lipinski definition) is 3. The van der Waals surface area contributed by atoms with E-state index in [1.54, 1.807) is 0 Å². The number of ether oxygens (including phenoxy) is 1. The lowest BCUT2D eigenvalue weighted by Gasteiger charge is -2.35. The summed E-state index contributed by atoms with van der Waals surface area (Å²) in [6, 6.07) is 0. The van der Waals surface area contributed by atoms with Gasteiger partial charge in [0, 0.05) is 13.0 Å². The fraction of sp³-hybridized carbons (Fsp3) is 0.929. The number of hydrogen-bond donors (Lipinski definition) is 2. The minimum Gasteiger partial charge on any atom is -0.378 e. The Balaban J connectivity index is 2.17. The van der Waals surface area contributed by atoms with E-state index in [0.717, 1.165) is 25.9 Å². The predicted molar refractivity (Wildman–Crippen MR) is 73.1 cm³/mol. The van der Waals surface area contributed by atoms with Gasteiger partial charge in [0.1, 0.15) is 0 Å². The van der Waals surface area contributed by atoms with Gasteiger partial charge < -0.3 is 16.2 Å². The van der Waals surface area contributed by atoms with Crippen molar-refractivity contribution in [3.63, 3.8) is 0 Å². The molecule has 1 amide bonds. The maximum Gasteiger partial charge on any atom is 0.237 e. The Bertz CT molecular complexity index is 258. The molecule has 0 radical (unpaired) electrons. The van der Waals surface area contributed by atoms with Crippen LogP contribution in [0.2, 0.25) is 0 Å². The van der Waals surface area contributed by atoms with Gasteiger partial charge in [0.25, 0.3) is 0 Å². The van der Waals surface area contributed by atoms with Crippen molar-refractivity contribution in [2.45, 2.75) is 76.4 Å². The van der Waals surface area contributed by atoms with E-state index < -0.39 is 11.4 Å². The molecule has 2 atom stereocenters. The van der Waals surface area contributed by atoms with Crippen molar-refractivity contribution in [2.75, 3.05) is 6.61 Å². The summed E-state index contributed by atoms with van der Waals surface area (Å²) in [5.74, 6) is -0.390. The summed E-state index contributed by atoms with van der Waals surface area (Å²) in [7, 11) is 0. The van der Waals surface area contributed by atoms with E-state index in [1.807, 2.05) is 0 Å². The zero-order chi connectivity index (χ0) is 13.4. The molecule has 1 saturated carbocycles. The van der Waals surface area contributed by atoms with Crippen LogP contribution in [0.4, 0.5) is 0 Å². The summed E-state index contributed by atoms with van der Waals surface area (Å²) in [4.78, 5) is 11.3. The molecule has 2 unspecified atom stereocenters. The first kappa shape index (κ1) is 15.4. The number of carbonyl (C=O) groups excluding carboxylic acids is 1. The molecule has 1 aliphatic carbocycles. The second-order valence-electron chi connectivity index (χ2n) is 5.52. The summed E-state index contributed by atoms with van der Waals surface area (Å²) in [5.41, 5.74) is 10.5. The van der Waals surface area contributed by atoms with Crippen LogP contribution in [0.25, 0.3) is 0 Å². The zero-order valence-electron chi connectivity index (χ0n) is 11.6. The Morgan fingerprint density at radius 3 is 2.72 bits per heavy atom. The van der Waals surface area contributed by atoms with Crippen molar-refractivity contribution in [1.29, 1.82) is 0 Å². The number of unbranched alkanes of at least 4 members (excludes halogenated alkanes) is 4. The standard InChI is InChI=1S/C14H28N2O2/c1-2-3-4-5-6-10-18-12-8-7-9-14(16,11-12)13(15)17/h12H,2-11,16H2,1H3,(H2,15,17). The average Bonchev–Trinajstić information content (AvgIpc) is 2.34. The third-order valence-corrected chi connectivity index (χ3v) is 3.83. The molecular formula is C14H28N2O2. The van der Waals surface area contributed by atoms with Gasteiger partial charge in [-0.2, -0.15) is 0 Å². The van der Waals surface area contributed by atoms with E-state index in [0.29, 0.717) is 12.8 Å². The van der Waals surface area contributed by atoms with Gasteiger partial charge in [-0.15, -0.1) is 0 Å². The highest BCUT2D eigenvalue weighted by atomic mass is 16.5. The van der Waals surface area contributed by atoms with Crippen LogP contribution in [0.3, 0.4) is 0 Å². The van der Waals surface area contributed by atoms with Gasteiger partial charge in [0.05, 0.1) is 11.6 Å². The summed E-state index contributed by atoms with van der Waals surface area (Å²) in [5, 5.41) is 0. The topological polar surface area (TPSA) is 78.3 Å². The molecule has 4 heteroatoms. The fourth-order valence-corrected chi connectivity index (χ4v) is 2.58. The van der Waals surface area contributed by atoms with Crippen LogP contribution in [-0.4, -0.2) is 24.2 Å². The van der Waals surface area contributed by atoms with Gasteiger partial charge in [-0.1, -0.05) is 32.6 Å². The van der Waals surface area contributed by atoms with Crippen molar-refractivity contribution >= 4 is 5.91 Å². The number of primary amides is 1. The van der Waals surface area contributed by atoms with Crippen molar-refractivity contribution < 1.29 is 9.53 Å². The highest BCUT2D eigenvalue weighted by Gasteiger charge is 2.38. The molecule has 0 bridgehead atoms. The number of carbonyl (C=O) groups is 1. The smallest absolute Gasteiger partial charge is 0.237 e. The zero-order valence-corrected chi connectivity index (χ0v) is 11.6. The molecule has 0 aliphatic heterocycles. The SMILES string of the molecule is CCCCCCCOC1CCCC(N)(C(N)=O)C1. The van der Waals surface area contributed by atoms with Crippen molar-refractivity contribution in [3.8, 4) is 0 Å². The summed E-state index contributed by atoms with van der Waals surface area (Å²) < 4.78 is 5.82. The molecule has 4 N–H and O–H groups in total. The quantitative estimate of drug-likeness (QED) is 0.653. The molecule has 4 nitrogen and oxygen atoms in total. The lowest BCUT2D eigenvalue weighted by Crippen LogP contribution is -2.56. The Hall–Kier alpha value is -0.610. The first-order chi connectivity index (χ1) is 8.58. The monoisotopic (exact) mass is 256 g/mol. The van der Waals surface area contributed by atoms with E-state index in [-0.39, 0.29) is 6.10 Å². The first-order valence-electron chi connectivity index (χ1n) is 7.29. The number of rotatable bonds is 8. The molecule has 0 aromatic rings. The third-order valence-electron chi connectivity index (χ3n) is 3.83. The van der Waals surface area contributed by atoms with E-state index >= 15 is 0 Å². The fourth-order valence-electron chi connectivity index (χ4n) is 2.58. The number of nitrogens with two attached hydrogens (primary N) is 2. The van der Waals surface area contributed by atoms with Gasteiger partial charge in [0.15, 0.2) is 0 Å². The van der Waals surface area contributed by atoms with E-state index in [1.165, 1.54) is 25.7 Å². The van der Waals surface area contributed by atoms with Crippen LogP contribution in [0, 0.1) is 0 Å². The highest BCUT2D eigenvalue weighted by Crippen LogP contribution is 2.28. The number of amides is 1. The van der Waals surface area contributed by atoms with Crippen LogP contribution in [0.5, 0.6) is 0 Å². The Kier molecular flexibility index (Phi) is 6.65. The highest BCUT2D eigenvalue weighted by molar-refractivity contribution is 5.84. The van der Waals surface area contributed by atoms with Crippen molar-refractivity contribution in [3.05, 3.63) is 0 Å². The van der Waals surface area contributed by atoms with Gasteiger partial charge in [-0.05, 0) is 25.7 Å². The van der Waals surface area contributed by atoms with E-state index in [9.17, 15) is 4.79 Å². The summed E-state index contributed by atoms with van der Waals surface area (Å²) in [6.45, 7) is 2.99. The van der Waals surface area contributed by atoms with E-state index in [4.69, 9.17) is 16.2 Å². The molecule has 1 aliphatic rings. The minimum absolute atomic E-state index is 0.113. The van der Waals surface area contributed by atoms with Gasteiger partial charge >= 0.3 is 0 Å². The lowest BCUT2D eigenvalue weighted by molar-refractivity contribution is -0.126. The molecule has 0 aromatic heterocycles. The van der Waals surface area contributed by atoms with Crippen LogP contribution in [0.1, 0.15) is 64.7 Å². The average molecular weight is 256 g/mol. The Labute approximate surface area is 110 Å². The van der Waals surface area contributed by atoms with Crippen molar-refractivity contribution in [2.24, 2.45) is 11.5 Å². The molecule has 0 aromatic carbocycles. The van der Waals surface area contributed by atoms with Crippen LogP contribution < -0.4 is 11.5 Å². The third kappa shape index (κ3) is 4.94. The molecule has 0 spiro atoms. The van der Waals surface area contributed by atoms with Gasteiger partial charge in [-0.25, -0.2) is 0 Å². The molecular weight excluding hydrogens is 228 g/mol. The minimum atomic E-state index is -0.842. The molecule has 0 saturated heterocycles. The molecule has 106 valence electrons. The summed E-state index contributed by atoms with van der Waals surface area (Å²) in [6.07, 6.45) is 9.50. The maximum absolute atomic E-state index is 11.3. The second kappa shape index (κ2) is 7.74. The van der Waals surface area contributed by atoms with Crippen molar-refractivity contribution in [1.82, 2.24) is 0 Å². The summed E-state index contributed by atoms with van der Waals surface area (Å²) >= 11 is 0. The van der Waals surface area contributed by atoms with Crippen LogP contribution in [-0.2, 0) is 9.53 Å². The molecule has 1 rings (SSSR count). The lowest BCUT2D eigenvalue weighted by atomic mass is 9.80. The molecule has 0 heterocycles. The Morgan fingerprint density at radius 2 is 2.06 bits per heavy atom. The Morgan fingerprint density at radius 1 is 1.33 bits per heavy atom. The predicted octanol–water partition coefficient (Wildman–Crippen LogP) is 2.10. The first-order valence-corrected chi connectivity index (χ1v) is 7.29.